The van der Waals surface area contributed by atoms with E-state index in [2.05, 4.69) is 81.2 Å². The van der Waals surface area contributed by atoms with Crippen LogP contribution in [0.2, 0.25) is 0 Å². The van der Waals surface area contributed by atoms with Crippen molar-refractivity contribution in [3.63, 3.8) is 0 Å². The van der Waals surface area contributed by atoms with Crippen molar-refractivity contribution in [2.75, 3.05) is 37.0 Å². The van der Waals surface area contributed by atoms with Crippen molar-refractivity contribution in [1.82, 2.24) is 5.32 Å². The van der Waals surface area contributed by atoms with Gasteiger partial charge in [0.25, 0.3) is 0 Å². The fraction of sp³-hybridized carbons (Fsp3) is 0.667. The molecule has 0 bridgehead atoms. The third-order valence-electron chi connectivity index (χ3n) is 4.61. The Balaban J connectivity index is 2.34. The molecular weight excluding hydrogens is 258 g/mol. The molecule has 1 heterocycles. The Bertz CT molecular complexity index is 462. The van der Waals surface area contributed by atoms with Gasteiger partial charge in [-0.15, -0.1) is 0 Å². The summed E-state index contributed by atoms with van der Waals surface area (Å²) < 4.78 is 0. The van der Waals surface area contributed by atoms with Crippen LogP contribution in [0.4, 0.5) is 11.4 Å². The minimum atomic E-state index is 0.282. The van der Waals surface area contributed by atoms with Gasteiger partial charge < -0.3 is 15.1 Å². The monoisotopic (exact) mass is 289 g/mol. The average Bonchev–Trinajstić information content (AvgIpc) is 2.45. The molecule has 1 fully saturated rings. The van der Waals surface area contributed by atoms with Gasteiger partial charge in [-0.2, -0.15) is 0 Å². The van der Waals surface area contributed by atoms with Crippen molar-refractivity contribution in [2.24, 2.45) is 5.41 Å². The van der Waals surface area contributed by atoms with Crippen LogP contribution in [0.15, 0.2) is 24.3 Å². The van der Waals surface area contributed by atoms with E-state index in [0.29, 0.717) is 12.1 Å². The molecule has 21 heavy (non-hydrogen) atoms. The molecule has 0 aliphatic carbocycles. The number of rotatable bonds is 3. The molecule has 0 amide bonds. The van der Waals surface area contributed by atoms with E-state index in [1.54, 1.807) is 0 Å². The fourth-order valence-electron chi connectivity index (χ4n) is 3.12. The molecule has 1 N–H and O–H groups in total. The summed E-state index contributed by atoms with van der Waals surface area (Å²) in [6.45, 7) is 11.4. The van der Waals surface area contributed by atoms with Gasteiger partial charge in [0.05, 0.1) is 11.4 Å². The van der Waals surface area contributed by atoms with Gasteiger partial charge in [0.2, 0.25) is 0 Å². The molecule has 0 aromatic heterocycles. The van der Waals surface area contributed by atoms with Crippen molar-refractivity contribution in [2.45, 2.75) is 46.2 Å². The summed E-state index contributed by atoms with van der Waals surface area (Å²) >= 11 is 0. The van der Waals surface area contributed by atoms with Gasteiger partial charge in [0.1, 0.15) is 0 Å². The third-order valence-corrected chi connectivity index (χ3v) is 4.61. The molecule has 2 rings (SSSR count). The molecule has 2 unspecified atom stereocenters. The summed E-state index contributed by atoms with van der Waals surface area (Å²) in [5.41, 5.74) is 2.96. The zero-order chi connectivity index (χ0) is 15.6. The van der Waals surface area contributed by atoms with E-state index in [1.807, 2.05) is 0 Å². The molecule has 118 valence electrons. The molecule has 2 atom stereocenters. The highest BCUT2D eigenvalue weighted by Crippen LogP contribution is 2.33. The first-order chi connectivity index (χ1) is 9.84. The summed E-state index contributed by atoms with van der Waals surface area (Å²) in [5.74, 6) is 0. The number of anilines is 2. The minimum Gasteiger partial charge on any atom is -0.376 e. The zero-order valence-electron chi connectivity index (χ0n) is 14.5. The van der Waals surface area contributed by atoms with Crippen molar-refractivity contribution >= 4 is 11.4 Å². The number of nitrogens with one attached hydrogen (secondary N) is 1. The van der Waals surface area contributed by atoms with Crippen LogP contribution in [-0.4, -0.2) is 39.3 Å². The van der Waals surface area contributed by atoms with Crippen LogP contribution in [-0.2, 0) is 0 Å². The Labute approximate surface area is 130 Å². The first kappa shape index (κ1) is 16.2. The molecule has 1 saturated heterocycles. The number of hydrogen-bond acceptors (Lipinski definition) is 3. The summed E-state index contributed by atoms with van der Waals surface area (Å²) in [7, 11) is 4.26. The van der Waals surface area contributed by atoms with Gasteiger partial charge in [0, 0.05) is 39.3 Å². The lowest BCUT2D eigenvalue weighted by Gasteiger charge is -2.46. The van der Waals surface area contributed by atoms with Gasteiger partial charge in [-0.3, -0.25) is 0 Å². The van der Waals surface area contributed by atoms with Gasteiger partial charge in [0.15, 0.2) is 0 Å². The second-order valence-corrected chi connectivity index (χ2v) is 7.42. The molecule has 1 aliphatic heterocycles. The predicted octanol–water partition coefficient (Wildman–Crippen LogP) is 3.36. The highest BCUT2D eigenvalue weighted by molar-refractivity contribution is 5.71. The van der Waals surface area contributed by atoms with Crippen molar-refractivity contribution < 1.29 is 0 Å². The highest BCUT2D eigenvalue weighted by atomic mass is 15.3. The van der Waals surface area contributed by atoms with Crippen LogP contribution >= 0.6 is 0 Å². The van der Waals surface area contributed by atoms with Gasteiger partial charge in [-0.25, -0.2) is 0 Å². The van der Waals surface area contributed by atoms with E-state index < -0.39 is 0 Å². The largest absolute Gasteiger partial charge is 0.376 e. The van der Waals surface area contributed by atoms with Crippen LogP contribution < -0.4 is 15.1 Å². The predicted molar refractivity (Wildman–Crippen MR) is 93.4 cm³/mol. The van der Waals surface area contributed by atoms with Gasteiger partial charge >= 0.3 is 0 Å². The normalized spacial score (nSPS) is 23.2. The third kappa shape index (κ3) is 3.52. The number of benzene rings is 1. The molecule has 1 aromatic rings. The van der Waals surface area contributed by atoms with E-state index >= 15 is 0 Å². The molecule has 0 saturated carbocycles. The summed E-state index contributed by atoms with van der Waals surface area (Å²) in [4.78, 5) is 4.83. The number of para-hydroxylation sites is 2. The van der Waals surface area contributed by atoms with Crippen molar-refractivity contribution in [3.8, 4) is 0 Å². The highest BCUT2D eigenvalue weighted by Gasteiger charge is 2.34. The summed E-state index contributed by atoms with van der Waals surface area (Å²) in [5, 5.41) is 3.75. The maximum absolute atomic E-state index is 3.75. The summed E-state index contributed by atoms with van der Waals surface area (Å²) in [6, 6.07) is 9.87. The number of piperazine rings is 1. The molecule has 0 radical (unpaired) electrons. The van der Waals surface area contributed by atoms with Crippen LogP contribution in [0, 0.1) is 5.41 Å². The Morgan fingerprint density at radius 3 is 2.48 bits per heavy atom. The lowest BCUT2D eigenvalue weighted by molar-refractivity contribution is 0.234. The van der Waals surface area contributed by atoms with E-state index in [-0.39, 0.29) is 5.41 Å². The second-order valence-electron chi connectivity index (χ2n) is 7.42. The first-order valence-electron chi connectivity index (χ1n) is 8.11. The maximum Gasteiger partial charge on any atom is 0.0607 e. The molecular formula is C18H31N3. The minimum absolute atomic E-state index is 0.282. The Morgan fingerprint density at radius 2 is 1.90 bits per heavy atom. The van der Waals surface area contributed by atoms with Crippen molar-refractivity contribution in [3.05, 3.63) is 24.3 Å². The second kappa shape index (κ2) is 6.27. The SMILES string of the molecule is CCC1CNC(C(C)(C)C)CN1c1ccccc1N(C)C. The zero-order valence-corrected chi connectivity index (χ0v) is 14.5. The number of nitrogens with zero attached hydrogens (tertiary/aromatic N) is 2. The fourth-order valence-corrected chi connectivity index (χ4v) is 3.12. The molecule has 0 spiro atoms. The standard InChI is InChI=1S/C18H31N3/c1-7-14-12-19-17(18(2,3)4)13-21(14)16-11-9-8-10-15(16)20(5)6/h8-11,14,17,19H,7,12-13H2,1-6H3. The Hall–Kier alpha value is -1.22. The van der Waals surface area contributed by atoms with Gasteiger partial charge in [-0.05, 0) is 24.0 Å². The van der Waals surface area contributed by atoms with E-state index in [0.717, 1.165) is 13.1 Å². The molecule has 1 aliphatic rings. The van der Waals surface area contributed by atoms with Crippen LogP contribution in [0.25, 0.3) is 0 Å². The maximum atomic E-state index is 3.75. The topological polar surface area (TPSA) is 18.5 Å². The Kier molecular flexibility index (Phi) is 4.82. The van der Waals surface area contributed by atoms with E-state index in [9.17, 15) is 0 Å². The quantitative estimate of drug-likeness (QED) is 0.920. The van der Waals surface area contributed by atoms with Crippen LogP contribution in [0.1, 0.15) is 34.1 Å². The van der Waals surface area contributed by atoms with Crippen LogP contribution in [0.5, 0.6) is 0 Å². The Morgan fingerprint density at radius 1 is 1.24 bits per heavy atom. The van der Waals surface area contributed by atoms with Gasteiger partial charge in [-0.1, -0.05) is 39.8 Å². The smallest absolute Gasteiger partial charge is 0.0607 e. The van der Waals surface area contributed by atoms with Crippen LogP contribution in [0.3, 0.4) is 0 Å². The van der Waals surface area contributed by atoms with E-state index in [4.69, 9.17) is 0 Å². The molecule has 3 heteroatoms. The number of hydrogen-bond donors (Lipinski definition) is 1. The summed E-state index contributed by atoms with van der Waals surface area (Å²) in [6.07, 6.45) is 1.17. The lowest BCUT2D eigenvalue weighted by atomic mass is 9.84. The average molecular weight is 289 g/mol. The first-order valence-corrected chi connectivity index (χ1v) is 8.11. The van der Waals surface area contributed by atoms with Crippen molar-refractivity contribution in [1.29, 1.82) is 0 Å². The lowest BCUT2D eigenvalue weighted by Crippen LogP contribution is -2.60. The molecule has 1 aromatic carbocycles. The molecule has 3 nitrogen and oxygen atoms in total. The van der Waals surface area contributed by atoms with E-state index in [1.165, 1.54) is 17.8 Å².